The Kier molecular flexibility index (Phi) is 3.98. The highest BCUT2D eigenvalue weighted by molar-refractivity contribution is 5.74. The number of nitrogens with one attached hydrogen (secondary N) is 1. The Bertz CT molecular complexity index is 169. The highest BCUT2D eigenvalue weighted by Crippen LogP contribution is 2.13. The highest BCUT2D eigenvalue weighted by Gasteiger charge is 2.29. The number of methoxy groups -OCH3 is 1. The molecule has 0 aromatic carbocycles. The van der Waals surface area contributed by atoms with Crippen LogP contribution in [0.4, 0.5) is 4.79 Å². The number of aliphatic hydroxyl groups excluding tert-OH is 1. The Labute approximate surface area is 77.7 Å². The maximum absolute atomic E-state index is 11.2. The molecule has 1 aliphatic heterocycles. The lowest BCUT2D eigenvalue weighted by Crippen LogP contribution is -2.55. The van der Waals surface area contributed by atoms with Crippen molar-refractivity contribution in [2.24, 2.45) is 5.92 Å². The molecule has 0 radical (unpaired) electrons. The smallest absolute Gasteiger partial charge is 0.317 e. The van der Waals surface area contributed by atoms with Crippen molar-refractivity contribution in [1.29, 1.82) is 0 Å². The van der Waals surface area contributed by atoms with Crippen LogP contribution in [0.25, 0.3) is 0 Å². The fraction of sp³-hybridized carbons (Fsp3) is 0.875. The minimum Gasteiger partial charge on any atom is -0.396 e. The van der Waals surface area contributed by atoms with E-state index < -0.39 is 0 Å². The molecule has 1 rings (SSSR count). The van der Waals surface area contributed by atoms with Gasteiger partial charge in [-0.1, -0.05) is 0 Å². The van der Waals surface area contributed by atoms with Crippen LogP contribution in [0.3, 0.4) is 0 Å². The second kappa shape index (κ2) is 5.04. The number of hydrogen-bond donors (Lipinski definition) is 2. The molecule has 5 nitrogen and oxygen atoms in total. The summed E-state index contributed by atoms with van der Waals surface area (Å²) < 4.78 is 4.79. The molecule has 1 aliphatic rings. The first-order chi connectivity index (χ1) is 6.27. The molecule has 0 aliphatic carbocycles. The molecule has 0 aromatic heterocycles. The predicted molar refractivity (Wildman–Crippen MR) is 47.4 cm³/mol. The van der Waals surface area contributed by atoms with Crippen LogP contribution in [0.2, 0.25) is 0 Å². The average molecular weight is 188 g/mol. The topological polar surface area (TPSA) is 61.8 Å². The summed E-state index contributed by atoms with van der Waals surface area (Å²) in [5.41, 5.74) is 0. The standard InChI is InChI=1S/C8H16N2O3/c1-13-3-2-9-8(12)10-4-7(5-10)6-11/h7,11H,2-6H2,1H3,(H,9,12). The summed E-state index contributed by atoms with van der Waals surface area (Å²) >= 11 is 0. The van der Waals surface area contributed by atoms with Gasteiger partial charge in [-0.3, -0.25) is 0 Å². The number of amides is 2. The van der Waals surface area contributed by atoms with E-state index in [0.717, 1.165) is 0 Å². The molecular formula is C8H16N2O3. The first-order valence-electron chi connectivity index (χ1n) is 4.40. The summed E-state index contributed by atoms with van der Waals surface area (Å²) in [4.78, 5) is 12.9. The van der Waals surface area contributed by atoms with Gasteiger partial charge in [-0.15, -0.1) is 0 Å². The normalized spacial score (nSPS) is 16.9. The number of aliphatic hydroxyl groups is 1. The fourth-order valence-corrected chi connectivity index (χ4v) is 1.22. The number of likely N-dealkylation sites (tertiary alicyclic amines) is 1. The number of rotatable bonds is 4. The third kappa shape index (κ3) is 2.86. The lowest BCUT2D eigenvalue weighted by Gasteiger charge is -2.38. The van der Waals surface area contributed by atoms with Crippen LogP contribution < -0.4 is 5.32 Å². The summed E-state index contributed by atoms with van der Waals surface area (Å²) in [7, 11) is 1.59. The van der Waals surface area contributed by atoms with Crippen LogP contribution in [0.15, 0.2) is 0 Å². The van der Waals surface area contributed by atoms with Gasteiger partial charge in [0.2, 0.25) is 0 Å². The summed E-state index contributed by atoms with van der Waals surface area (Å²) in [6.45, 7) is 2.56. The predicted octanol–water partition coefficient (Wildman–Crippen LogP) is -0.733. The second-order valence-electron chi connectivity index (χ2n) is 3.18. The molecule has 13 heavy (non-hydrogen) atoms. The van der Waals surface area contributed by atoms with E-state index in [1.165, 1.54) is 0 Å². The van der Waals surface area contributed by atoms with Gasteiger partial charge in [-0.05, 0) is 0 Å². The van der Waals surface area contributed by atoms with Crippen molar-refractivity contribution in [2.45, 2.75) is 0 Å². The molecule has 0 spiro atoms. The molecule has 0 aromatic rings. The van der Waals surface area contributed by atoms with Crippen LogP contribution in [0, 0.1) is 5.92 Å². The molecule has 1 fully saturated rings. The Morgan fingerprint density at radius 2 is 2.38 bits per heavy atom. The minimum absolute atomic E-state index is 0.0678. The number of nitrogens with zero attached hydrogens (tertiary/aromatic N) is 1. The van der Waals surface area contributed by atoms with E-state index in [1.807, 2.05) is 0 Å². The average Bonchev–Trinajstić information content (AvgIpc) is 2.03. The zero-order valence-corrected chi connectivity index (χ0v) is 7.82. The van der Waals surface area contributed by atoms with E-state index in [0.29, 0.717) is 26.2 Å². The molecule has 1 heterocycles. The quantitative estimate of drug-likeness (QED) is 0.572. The monoisotopic (exact) mass is 188 g/mol. The third-order valence-electron chi connectivity index (χ3n) is 2.08. The molecule has 0 bridgehead atoms. The minimum atomic E-state index is -0.0678. The van der Waals surface area contributed by atoms with Gasteiger partial charge in [0.05, 0.1) is 6.61 Å². The van der Waals surface area contributed by atoms with Gasteiger partial charge in [0, 0.05) is 39.3 Å². The van der Waals surface area contributed by atoms with Crippen molar-refractivity contribution >= 4 is 6.03 Å². The van der Waals surface area contributed by atoms with E-state index in [2.05, 4.69) is 5.32 Å². The largest absolute Gasteiger partial charge is 0.396 e. The van der Waals surface area contributed by atoms with Crippen LogP contribution in [0.1, 0.15) is 0 Å². The number of ether oxygens (including phenoxy) is 1. The van der Waals surface area contributed by atoms with Crippen LogP contribution in [-0.2, 0) is 4.74 Å². The van der Waals surface area contributed by atoms with Crippen LogP contribution >= 0.6 is 0 Å². The van der Waals surface area contributed by atoms with Gasteiger partial charge in [-0.25, -0.2) is 4.79 Å². The number of urea groups is 1. The molecule has 0 unspecified atom stereocenters. The fourth-order valence-electron chi connectivity index (χ4n) is 1.22. The lowest BCUT2D eigenvalue weighted by molar-refractivity contribution is 0.0765. The van der Waals surface area contributed by atoms with Gasteiger partial charge >= 0.3 is 6.03 Å². The van der Waals surface area contributed by atoms with Crippen molar-refractivity contribution < 1.29 is 14.6 Å². The molecular weight excluding hydrogens is 172 g/mol. The summed E-state index contributed by atoms with van der Waals surface area (Å²) in [5.74, 6) is 0.271. The number of carbonyl (C=O) groups is 1. The molecule has 2 amide bonds. The lowest BCUT2D eigenvalue weighted by atomic mass is 10.0. The highest BCUT2D eigenvalue weighted by atomic mass is 16.5. The second-order valence-corrected chi connectivity index (χ2v) is 3.18. The summed E-state index contributed by atoms with van der Waals surface area (Å²) in [6.07, 6.45) is 0. The molecule has 0 saturated carbocycles. The Hall–Kier alpha value is -0.810. The summed E-state index contributed by atoms with van der Waals surface area (Å²) in [6, 6.07) is -0.0678. The van der Waals surface area contributed by atoms with Gasteiger partial charge in [0.15, 0.2) is 0 Å². The van der Waals surface area contributed by atoms with E-state index in [-0.39, 0.29) is 18.6 Å². The maximum atomic E-state index is 11.2. The molecule has 2 N–H and O–H groups in total. The first-order valence-corrected chi connectivity index (χ1v) is 4.40. The molecule has 76 valence electrons. The third-order valence-corrected chi connectivity index (χ3v) is 2.08. The van der Waals surface area contributed by atoms with Gasteiger partial charge < -0.3 is 20.1 Å². The number of carbonyl (C=O) groups excluding carboxylic acids is 1. The van der Waals surface area contributed by atoms with Crippen molar-refractivity contribution in [1.82, 2.24) is 10.2 Å². The molecule has 1 saturated heterocycles. The Morgan fingerprint density at radius 3 is 2.92 bits per heavy atom. The van der Waals surface area contributed by atoms with E-state index >= 15 is 0 Å². The Morgan fingerprint density at radius 1 is 1.69 bits per heavy atom. The van der Waals surface area contributed by atoms with E-state index in [4.69, 9.17) is 9.84 Å². The zero-order chi connectivity index (χ0) is 9.68. The zero-order valence-electron chi connectivity index (χ0n) is 7.82. The van der Waals surface area contributed by atoms with Crippen LogP contribution in [-0.4, -0.2) is 56.0 Å². The summed E-state index contributed by atoms with van der Waals surface area (Å²) in [5, 5.41) is 11.4. The van der Waals surface area contributed by atoms with Crippen molar-refractivity contribution in [3.05, 3.63) is 0 Å². The Balaban J connectivity index is 2.05. The number of hydrogen-bond acceptors (Lipinski definition) is 3. The van der Waals surface area contributed by atoms with E-state index in [1.54, 1.807) is 12.0 Å². The van der Waals surface area contributed by atoms with Crippen LogP contribution in [0.5, 0.6) is 0 Å². The van der Waals surface area contributed by atoms with Gasteiger partial charge in [-0.2, -0.15) is 0 Å². The molecule has 5 heteroatoms. The SMILES string of the molecule is COCCNC(=O)N1CC(CO)C1. The van der Waals surface area contributed by atoms with Crippen molar-refractivity contribution in [2.75, 3.05) is 40.0 Å². The molecule has 0 atom stereocenters. The maximum Gasteiger partial charge on any atom is 0.317 e. The van der Waals surface area contributed by atoms with Gasteiger partial charge in [0.1, 0.15) is 0 Å². The first kappa shape index (κ1) is 10.3. The van der Waals surface area contributed by atoms with Crippen molar-refractivity contribution in [3.63, 3.8) is 0 Å². The van der Waals surface area contributed by atoms with E-state index in [9.17, 15) is 4.79 Å². The van der Waals surface area contributed by atoms with Crippen molar-refractivity contribution in [3.8, 4) is 0 Å². The van der Waals surface area contributed by atoms with Gasteiger partial charge in [0.25, 0.3) is 0 Å².